The van der Waals surface area contributed by atoms with Gasteiger partial charge < -0.3 is 0 Å². The second-order valence-electron chi connectivity index (χ2n) is 9.59. The summed E-state index contributed by atoms with van der Waals surface area (Å²) in [5, 5.41) is 3.72. The van der Waals surface area contributed by atoms with Crippen molar-refractivity contribution in [3.8, 4) is 0 Å². The van der Waals surface area contributed by atoms with Gasteiger partial charge >= 0.3 is 0 Å². The van der Waals surface area contributed by atoms with E-state index in [1.165, 1.54) is 32.6 Å². The van der Waals surface area contributed by atoms with Gasteiger partial charge in [-0.15, -0.1) is 0 Å². The first-order valence-electron chi connectivity index (χ1n) is 13.5. The predicted molar refractivity (Wildman–Crippen MR) is 174 cm³/mol. The van der Waals surface area contributed by atoms with Crippen LogP contribution in [0.1, 0.15) is 16.7 Å². The van der Waals surface area contributed by atoms with E-state index in [1.54, 1.807) is 11.9 Å². The lowest BCUT2D eigenvalue weighted by molar-refractivity contribution is 0.896. The molecule has 0 radical (unpaired) electrons. The zero-order valence-corrected chi connectivity index (χ0v) is 23.8. The van der Waals surface area contributed by atoms with Crippen molar-refractivity contribution in [2.45, 2.75) is 4.75 Å². The Morgan fingerprint density at radius 3 is 0.875 bits per heavy atom. The SMILES string of the molecule is c1ccc(C(SN=P(c2ccccc2)(c2ccccc2)c2ccccc2)(c2ccccc2)c2ccccc2)cc1. The fourth-order valence-electron chi connectivity index (χ4n) is 5.32. The molecule has 1 nitrogen and oxygen atoms in total. The molecule has 0 aliphatic carbocycles. The van der Waals surface area contributed by atoms with Crippen molar-refractivity contribution in [3.63, 3.8) is 0 Å². The van der Waals surface area contributed by atoms with Gasteiger partial charge in [-0.05, 0) is 28.6 Å². The average molecular weight is 552 g/mol. The molecule has 0 N–H and O–H groups in total. The van der Waals surface area contributed by atoms with Crippen molar-refractivity contribution < 1.29 is 0 Å². The predicted octanol–water partition coefficient (Wildman–Crippen LogP) is 8.80. The highest BCUT2D eigenvalue weighted by Gasteiger charge is 2.39. The van der Waals surface area contributed by atoms with E-state index in [0.717, 1.165) is 0 Å². The van der Waals surface area contributed by atoms with E-state index >= 15 is 0 Å². The van der Waals surface area contributed by atoms with Crippen LogP contribution >= 0.6 is 19.0 Å². The fourth-order valence-corrected chi connectivity index (χ4v) is 10.9. The van der Waals surface area contributed by atoms with Gasteiger partial charge in [0.25, 0.3) is 0 Å². The van der Waals surface area contributed by atoms with E-state index in [9.17, 15) is 0 Å². The third-order valence-electron chi connectivity index (χ3n) is 7.23. The standard InChI is InChI=1S/C37H30NPS/c1-7-19-31(20-8-1)37(32-21-9-2-10-22-32,33-23-11-3-12-24-33)40-38-39(34-25-13-4-14-26-34,35-27-15-5-16-28-35)36-29-17-6-18-30-36/h1-30H. The Balaban J connectivity index is 1.72. The van der Waals surface area contributed by atoms with Gasteiger partial charge in [-0.3, -0.25) is 0 Å². The van der Waals surface area contributed by atoms with Crippen LogP contribution in [0.25, 0.3) is 0 Å². The highest BCUT2D eigenvalue weighted by molar-refractivity contribution is 8.05. The normalized spacial score (nSPS) is 11.6. The van der Waals surface area contributed by atoms with Crippen molar-refractivity contribution >= 4 is 34.9 Å². The highest BCUT2D eigenvalue weighted by atomic mass is 32.2. The molecule has 6 rings (SSSR count). The Labute approximate surface area is 241 Å². The van der Waals surface area contributed by atoms with E-state index in [0.29, 0.717) is 0 Å². The minimum absolute atomic E-state index is 0.548. The van der Waals surface area contributed by atoms with Gasteiger partial charge in [0.05, 0.1) is 7.05 Å². The molecule has 0 fully saturated rings. The summed E-state index contributed by atoms with van der Waals surface area (Å²) < 4.78 is 5.35. The maximum Gasteiger partial charge on any atom is 0.112 e. The summed E-state index contributed by atoms with van der Waals surface area (Å²) in [5.41, 5.74) is 3.61. The maximum absolute atomic E-state index is 5.90. The molecule has 6 aromatic carbocycles. The molecule has 0 unspecified atom stereocenters. The first-order valence-corrected chi connectivity index (χ1v) is 16.0. The molecule has 0 atom stereocenters. The molecule has 0 aliphatic heterocycles. The molecular weight excluding hydrogens is 521 g/mol. The first kappa shape index (κ1) is 26.1. The molecule has 0 aromatic heterocycles. The van der Waals surface area contributed by atoms with Crippen LogP contribution in [0.4, 0.5) is 0 Å². The van der Waals surface area contributed by atoms with Crippen LogP contribution in [0.15, 0.2) is 186 Å². The third kappa shape index (κ3) is 4.86. The van der Waals surface area contributed by atoms with Gasteiger partial charge in [0.1, 0.15) is 4.75 Å². The molecule has 0 bridgehead atoms. The van der Waals surface area contributed by atoms with Crippen molar-refractivity contribution in [1.29, 1.82) is 0 Å². The molecule has 0 aliphatic rings. The summed E-state index contributed by atoms with van der Waals surface area (Å²) in [6, 6.07) is 64.9. The van der Waals surface area contributed by atoms with Crippen molar-refractivity contribution in [2.75, 3.05) is 0 Å². The molecule has 0 saturated heterocycles. The Bertz CT molecular complexity index is 1490. The molecule has 6 aromatic rings. The van der Waals surface area contributed by atoms with Crippen LogP contribution in [0, 0.1) is 0 Å². The van der Waals surface area contributed by atoms with Crippen LogP contribution < -0.4 is 15.9 Å². The van der Waals surface area contributed by atoms with Gasteiger partial charge in [-0.25, -0.2) is 4.15 Å². The van der Waals surface area contributed by atoms with Crippen molar-refractivity contribution in [1.82, 2.24) is 0 Å². The fraction of sp³-hybridized carbons (Fsp3) is 0.0270. The first-order chi connectivity index (χ1) is 19.8. The Morgan fingerprint density at radius 1 is 0.350 bits per heavy atom. The van der Waals surface area contributed by atoms with E-state index in [1.807, 2.05) is 0 Å². The zero-order valence-electron chi connectivity index (χ0n) is 22.1. The van der Waals surface area contributed by atoms with E-state index in [4.69, 9.17) is 4.15 Å². The smallest absolute Gasteiger partial charge is 0.112 e. The molecular formula is C37H30NPS. The minimum atomic E-state index is -2.42. The van der Waals surface area contributed by atoms with Crippen LogP contribution in [-0.2, 0) is 4.75 Å². The Morgan fingerprint density at radius 2 is 0.600 bits per heavy atom. The molecule has 194 valence electrons. The topological polar surface area (TPSA) is 12.4 Å². The molecule has 0 spiro atoms. The zero-order chi connectivity index (χ0) is 27.1. The summed E-state index contributed by atoms with van der Waals surface area (Å²) in [6.07, 6.45) is 0. The highest BCUT2D eigenvalue weighted by Crippen LogP contribution is 2.56. The quantitative estimate of drug-likeness (QED) is 0.105. The van der Waals surface area contributed by atoms with Crippen LogP contribution in [-0.4, -0.2) is 0 Å². The number of rotatable bonds is 8. The van der Waals surface area contributed by atoms with Crippen molar-refractivity contribution in [2.24, 2.45) is 4.15 Å². The molecule has 3 heteroatoms. The lowest BCUT2D eigenvalue weighted by atomic mass is 9.84. The van der Waals surface area contributed by atoms with E-state index in [2.05, 4.69) is 182 Å². The van der Waals surface area contributed by atoms with Crippen LogP contribution in [0.3, 0.4) is 0 Å². The minimum Gasteiger partial charge on any atom is -0.221 e. The van der Waals surface area contributed by atoms with Gasteiger partial charge in [-0.1, -0.05) is 182 Å². The van der Waals surface area contributed by atoms with Gasteiger partial charge in [0, 0.05) is 15.9 Å². The molecule has 40 heavy (non-hydrogen) atoms. The number of nitrogens with zero attached hydrogens (tertiary/aromatic N) is 1. The number of benzene rings is 6. The van der Waals surface area contributed by atoms with E-state index in [-0.39, 0.29) is 0 Å². The number of hydrogen-bond acceptors (Lipinski definition) is 2. The van der Waals surface area contributed by atoms with Crippen molar-refractivity contribution in [3.05, 3.63) is 199 Å². The lowest BCUT2D eigenvalue weighted by Crippen LogP contribution is -2.27. The Kier molecular flexibility index (Phi) is 7.82. The average Bonchev–Trinajstić information content (AvgIpc) is 3.06. The molecule has 0 amide bonds. The summed E-state index contributed by atoms with van der Waals surface area (Å²) in [4.78, 5) is 0. The summed E-state index contributed by atoms with van der Waals surface area (Å²) in [7, 11) is -2.42. The van der Waals surface area contributed by atoms with Crippen LogP contribution in [0.2, 0.25) is 0 Å². The summed E-state index contributed by atoms with van der Waals surface area (Å²) in [6.45, 7) is 0. The van der Waals surface area contributed by atoms with Gasteiger partial charge in [0.15, 0.2) is 0 Å². The van der Waals surface area contributed by atoms with Gasteiger partial charge in [-0.2, -0.15) is 0 Å². The van der Waals surface area contributed by atoms with Crippen LogP contribution in [0.5, 0.6) is 0 Å². The Hall–Kier alpha value is -4.10. The summed E-state index contributed by atoms with van der Waals surface area (Å²) in [5.74, 6) is 0. The van der Waals surface area contributed by atoms with Gasteiger partial charge in [0.2, 0.25) is 0 Å². The monoisotopic (exact) mass is 551 g/mol. The van der Waals surface area contributed by atoms with E-state index < -0.39 is 11.8 Å². The second kappa shape index (κ2) is 12.0. The number of hydrogen-bond donors (Lipinski definition) is 0. The molecule has 0 heterocycles. The molecule has 0 saturated carbocycles. The largest absolute Gasteiger partial charge is 0.221 e. The lowest BCUT2D eigenvalue weighted by Gasteiger charge is -2.35. The maximum atomic E-state index is 5.90. The summed E-state index contributed by atoms with van der Waals surface area (Å²) >= 11 is 1.69. The second-order valence-corrected chi connectivity index (χ2v) is 13.9. The third-order valence-corrected chi connectivity index (χ3v) is 12.7.